The lowest BCUT2D eigenvalue weighted by atomic mass is 9.88. The van der Waals surface area contributed by atoms with Crippen LogP contribution in [0.15, 0.2) is 53.6 Å². The number of aromatic amines is 1. The maximum Gasteiger partial charge on any atom is 0.471 e. The van der Waals surface area contributed by atoms with Crippen LogP contribution < -0.4 is 10.2 Å². The summed E-state index contributed by atoms with van der Waals surface area (Å²) in [6.45, 7) is 1.89. The number of hydrogen-bond acceptors (Lipinski definition) is 8. The highest BCUT2D eigenvalue weighted by Crippen LogP contribution is 2.37. The Morgan fingerprint density at radius 2 is 1.76 bits per heavy atom. The Bertz CT molecular complexity index is 2030. The fourth-order valence-corrected chi connectivity index (χ4v) is 8.10. The van der Waals surface area contributed by atoms with Crippen LogP contribution in [0.2, 0.25) is 10.0 Å². The predicted octanol–water partition coefficient (Wildman–Crippen LogP) is 6.37. The minimum Gasteiger partial charge on any atom is -0.381 e. The molecule has 0 saturated carbocycles. The van der Waals surface area contributed by atoms with E-state index >= 15 is 0 Å². The lowest BCUT2D eigenvalue weighted by Crippen LogP contribution is -2.50. The summed E-state index contributed by atoms with van der Waals surface area (Å²) >= 11 is 12.2. The maximum atomic E-state index is 14.2. The minimum atomic E-state index is -5.21. The highest BCUT2D eigenvalue weighted by Gasteiger charge is 2.46. The Labute approximate surface area is 296 Å². The molecule has 2 aromatic heterocycles. The first-order chi connectivity index (χ1) is 23.7. The van der Waals surface area contributed by atoms with Crippen LogP contribution in [0.5, 0.6) is 0 Å². The fraction of sp³-hybridized carbons (Fsp3) is 0.394. The molecule has 2 aromatic carbocycles. The predicted molar refractivity (Wildman–Crippen MR) is 182 cm³/mol. The average Bonchev–Trinajstić information content (AvgIpc) is 3.48. The van der Waals surface area contributed by atoms with Gasteiger partial charge in [0.1, 0.15) is 5.52 Å². The fourth-order valence-electron chi connectivity index (χ4n) is 6.34. The molecule has 11 nitrogen and oxygen atoms in total. The highest BCUT2D eigenvalue weighted by molar-refractivity contribution is 7.90. The number of benzene rings is 2. The number of carbonyl (C=O) groups excluding carboxylic acids is 2. The van der Waals surface area contributed by atoms with Gasteiger partial charge in [0.15, 0.2) is 20.7 Å². The molecule has 2 N–H and O–H groups in total. The second kappa shape index (κ2) is 14.5. The molecule has 0 aliphatic carbocycles. The van der Waals surface area contributed by atoms with Gasteiger partial charge >= 0.3 is 12.1 Å². The molecule has 0 bridgehead atoms. The van der Waals surface area contributed by atoms with Gasteiger partial charge in [-0.15, -0.1) is 0 Å². The van der Waals surface area contributed by atoms with Gasteiger partial charge in [-0.1, -0.05) is 29.3 Å². The van der Waals surface area contributed by atoms with Crippen molar-refractivity contribution < 1.29 is 35.9 Å². The number of ether oxygens (including phenoxy) is 1. The molecule has 2 amide bonds. The van der Waals surface area contributed by atoms with Crippen molar-refractivity contribution in [2.75, 3.05) is 43.6 Å². The largest absolute Gasteiger partial charge is 0.471 e. The Balaban J connectivity index is 1.37. The number of sulfone groups is 1. The first-order valence-corrected chi connectivity index (χ1v) is 18.3. The molecule has 2 fully saturated rings. The van der Waals surface area contributed by atoms with Crippen LogP contribution in [0.1, 0.15) is 53.1 Å². The van der Waals surface area contributed by atoms with E-state index in [2.05, 4.69) is 25.4 Å². The third-order valence-electron chi connectivity index (χ3n) is 9.02. The zero-order valence-corrected chi connectivity index (χ0v) is 29.1. The summed E-state index contributed by atoms with van der Waals surface area (Å²) in [7, 11) is -2.07. The number of aromatic nitrogens is 3. The summed E-state index contributed by atoms with van der Waals surface area (Å²) in [5.41, 5.74) is 0.894. The van der Waals surface area contributed by atoms with Gasteiger partial charge in [-0.05, 0) is 105 Å². The molecule has 50 heavy (non-hydrogen) atoms. The van der Waals surface area contributed by atoms with Gasteiger partial charge in [-0.25, -0.2) is 13.4 Å². The van der Waals surface area contributed by atoms with Gasteiger partial charge in [-0.2, -0.15) is 18.3 Å². The molecule has 0 spiro atoms. The molecular weight excluding hydrogens is 720 g/mol. The van der Waals surface area contributed by atoms with Crippen molar-refractivity contribution in [3.8, 4) is 0 Å². The number of halogens is 5. The van der Waals surface area contributed by atoms with Crippen molar-refractivity contribution in [3.05, 3.63) is 75.3 Å². The van der Waals surface area contributed by atoms with E-state index in [9.17, 15) is 31.2 Å². The molecule has 2 aliphatic heterocycles. The van der Waals surface area contributed by atoms with E-state index in [1.165, 1.54) is 42.5 Å². The Morgan fingerprint density at radius 1 is 1.04 bits per heavy atom. The molecule has 6 rings (SSSR count). The van der Waals surface area contributed by atoms with Crippen molar-refractivity contribution in [1.29, 1.82) is 0 Å². The molecule has 0 atom stereocenters. The number of carbonyl (C=O) groups is 2. The molecule has 2 aliphatic rings. The molecule has 266 valence electrons. The van der Waals surface area contributed by atoms with E-state index in [0.717, 1.165) is 31.5 Å². The number of fused-ring (bicyclic) bond motifs is 1. The molecule has 0 radical (unpaired) electrons. The number of likely N-dealkylation sites (tertiary alicyclic amines) is 1. The summed E-state index contributed by atoms with van der Waals surface area (Å²) in [5.74, 6) is -3.60. The Morgan fingerprint density at radius 3 is 2.46 bits per heavy atom. The van der Waals surface area contributed by atoms with Crippen molar-refractivity contribution in [2.45, 2.75) is 54.6 Å². The van der Waals surface area contributed by atoms with E-state index in [0.29, 0.717) is 9.92 Å². The van der Waals surface area contributed by atoms with Crippen LogP contribution in [0.4, 0.5) is 24.7 Å². The number of hydrogen-bond donors (Lipinski definition) is 2. The summed E-state index contributed by atoms with van der Waals surface area (Å²) in [5, 5.41) is 9.53. The normalized spacial score (nSPS) is 16.8. The molecule has 2 saturated heterocycles. The second-order valence-electron chi connectivity index (χ2n) is 12.4. The minimum absolute atomic E-state index is 0.00577. The number of rotatable bonds is 8. The number of H-pyrrole nitrogens is 1. The number of piperidine rings is 1. The summed E-state index contributed by atoms with van der Waals surface area (Å²) in [6, 6.07) is 10.9. The van der Waals surface area contributed by atoms with Crippen molar-refractivity contribution in [1.82, 2.24) is 20.1 Å². The van der Waals surface area contributed by atoms with Crippen LogP contribution in [-0.4, -0.2) is 85.9 Å². The van der Waals surface area contributed by atoms with E-state index in [4.69, 9.17) is 27.9 Å². The zero-order chi connectivity index (χ0) is 35.8. The topological polar surface area (TPSA) is 138 Å². The smallest absolute Gasteiger partial charge is 0.381 e. The Hall–Kier alpha value is -3.76. The number of nitrogens with one attached hydrogen (secondary N) is 2. The third kappa shape index (κ3) is 7.76. The molecule has 0 unspecified atom stereocenters. The van der Waals surface area contributed by atoms with Crippen LogP contribution >= 0.6 is 23.2 Å². The van der Waals surface area contributed by atoms with Crippen LogP contribution in [-0.2, 0) is 25.1 Å². The molecule has 4 heterocycles. The number of nitrogens with zero attached hydrogens (tertiary/aromatic N) is 4. The van der Waals surface area contributed by atoms with Crippen LogP contribution in [0, 0.1) is 0 Å². The van der Waals surface area contributed by atoms with Gasteiger partial charge in [0.25, 0.3) is 5.91 Å². The second-order valence-corrected chi connectivity index (χ2v) is 15.2. The standard InChI is InChI=1S/C33H33Cl2F3N6O5S/c1-43-12-8-19(9-13-43)20-2-4-24(27(17-20)44(32(46)33(36,37)38)23-10-14-49-15-11-23)31(45)40-30-29-26(41-42-30)6-7-28(39-29)50(47,48)18-21-16-22(34)3-5-25(21)35/h2-7,16-17,19,23H,8-15,18H2,1H3,(H2,40,41,42,45). The van der Waals surface area contributed by atoms with Gasteiger partial charge in [0.2, 0.25) is 0 Å². The quantitative estimate of drug-likeness (QED) is 0.212. The number of alkyl halides is 3. The van der Waals surface area contributed by atoms with Crippen LogP contribution in [0.25, 0.3) is 11.0 Å². The summed E-state index contributed by atoms with van der Waals surface area (Å²) in [4.78, 5) is 34.2. The third-order valence-corrected chi connectivity index (χ3v) is 11.2. The van der Waals surface area contributed by atoms with Gasteiger partial charge in [-0.3, -0.25) is 14.7 Å². The van der Waals surface area contributed by atoms with Gasteiger partial charge in [0, 0.05) is 29.3 Å². The van der Waals surface area contributed by atoms with Crippen molar-refractivity contribution in [3.63, 3.8) is 0 Å². The average molecular weight is 754 g/mol. The summed E-state index contributed by atoms with van der Waals surface area (Å²) < 4.78 is 74.5. The number of anilines is 2. The molecule has 17 heteroatoms. The molecule has 4 aromatic rings. The number of amides is 2. The van der Waals surface area contributed by atoms with E-state index < -0.39 is 39.6 Å². The van der Waals surface area contributed by atoms with E-state index in [1.807, 2.05) is 7.05 Å². The van der Waals surface area contributed by atoms with Crippen molar-refractivity contribution >= 4 is 67.4 Å². The zero-order valence-electron chi connectivity index (χ0n) is 26.8. The van der Waals surface area contributed by atoms with E-state index in [1.54, 1.807) is 6.07 Å². The monoisotopic (exact) mass is 752 g/mol. The van der Waals surface area contributed by atoms with Gasteiger partial charge in [0.05, 0.1) is 22.5 Å². The highest BCUT2D eigenvalue weighted by atomic mass is 35.5. The van der Waals surface area contributed by atoms with Crippen molar-refractivity contribution in [2.24, 2.45) is 0 Å². The van der Waals surface area contributed by atoms with Gasteiger partial charge < -0.3 is 19.9 Å². The first kappa shape index (κ1) is 36.0. The molecular formula is C33H33Cl2F3N6O5S. The van der Waals surface area contributed by atoms with Crippen LogP contribution in [0.3, 0.4) is 0 Å². The lowest BCUT2D eigenvalue weighted by Gasteiger charge is -2.36. The Kier molecular flexibility index (Phi) is 10.4. The first-order valence-electron chi connectivity index (χ1n) is 15.8. The lowest BCUT2D eigenvalue weighted by molar-refractivity contribution is -0.171. The number of pyridine rings is 1. The maximum absolute atomic E-state index is 14.2. The van der Waals surface area contributed by atoms with E-state index in [-0.39, 0.29) is 75.7 Å². The summed E-state index contributed by atoms with van der Waals surface area (Å²) in [6.07, 6.45) is -3.41. The SMILES string of the molecule is CN1CCC(c2ccc(C(=O)Nc3n[nH]c4ccc(S(=O)(=O)Cc5cc(Cl)ccc5Cl)nc34)c(N(C(=O)C(F)(F)F)C3CCOCC3)c2)CC1.